The Hall–Kier alpha value is -1.46. The Morgan fingerprint density at radius 2 is 2.05 bits per heavy atom. The molecule has 0 saturated carbocycles. The lowest BCUT2D eigenvalue weighted by Gasteiger charge is -2.34. The first kappa shape index (κ1) is 16.6. The molecular formula is C14H27N3O3. The predicted octanol–water partition coefficient (Wildman–Crippen LogP) is 1.90. The van der Waals surface area contributed by atoms with Crippen LogP contribution in [0.2, 0.25) is 0 Å². The minimum absolute atomic E-state index is 0.0466. The van der Waals surface area contributed by atoms with Crippen LogP contribution < -0.4 is 5.32 Å². The van der Waals surface area contributed by atoms with Gasteiger partial charge in [-0.25, -0.2) is 9.59 Å². The van der Waals surface area contributed by atoms with Gasteiger partial charge in [0.05, 0.1) is 0 Å². The van der Waals surface area contributed by atoms with Crippen LogP contribution in [-0.4, -0.2) is 61.3 Å². The molecule has 0 unspecified atom stereocenters. The molecule has 6 heteroatoms. The van der Waals surface area contributed by atoms with Crippen molar-refractivity contribution in [2.75, 3.05) is 33.7 Å². The van der Waals surface area contributed by atoms with Crippen LogP contribution in [0, 0.1) is 5.92 Å². The second kappa shape index (κ2) is 6.81. The van der Waals surface area contributed by atoms with E-state index >= 15 is 0 Å². The van der Waals surface area contributed by atoms with Crippen molar-refractivity contribution in [1.82, 2.24) is 15.1 Å². The highest BCUT2D eigenvalue weighted by atomic mass is 16.6. The molecule has 20 heavy (non-hydrogen) atoms. The summed E-state index contributed by atoms with van der Waals surface area (Å²) in [6, 6.07) is -0.0466. The van der Waals surface area contributed by atoms with E-state index in [1.165, 1.54) is 0 Å². The molecule has 0 radical (unpaired) electrons. The fourth-order valence-corrected chi connectivity index (χ4v) is 2.36. The highest BCUT2D eigenvalue weighted by Crippen LogP contribution is 2.18. The number of nitrogens with one attached hydrogen (secondary N) is 1. The molecule has 116 valence electrons. The molecule has 0 aliphatic carbocycles. The van der Waals surface area contributed by atoms with E-state index in [1.54, 1.807) is 23.9 Å². The Morgan fingerprint density at radius 3 is 2.60 bits per heavy atom. The Morgan fingerprint density at radius 1 is 1.40 bits per heavy atom. The van der Waals surface area contributed by atoms with E-state index in [4.69, 9.17) is 4.74 Å². The van der Waals surface area contributed by atoms with Gasteiger partial charge in [-0.05, 0) is 39.5 Å². The first-order chi connectivity index (χ1) is 9.23. The molecule has 0 aromatic carbocycles. The van der Waals surface area contributed by atoms with Crippen molar-refractivity contribution < 1.29 is 14.3 Å². The number of piperidine rings is 1. The maximum atomic E-state index is 11.9. The molecule has 1 aliphatic rings. The number of ether oxygens (including phenoxy) is 1. The van der Waals surface area contributed by atoms with Crippen LogP contribution in [0.1, 0.15) is 33.6 Å². The van der Waals surface area contributed by atoms with E-state index in [1.807, 2.05) is 20.8 Å². The molecule has 3 amide bonds. The SMILES string of the molecule is CNC(=O)N1CCC[C@@H](CN(C)C(=O)OC(C)(C)C)C1. The van der Waals surface area contributed by atoms with Crippen molar-refractivity contribution >= 4 is 12.1 Å². The monoisotopic (exact) mass is 285 g/mol. The lowest BCUT2D eigenvalue weighted by molar-refractivity contribution is 0.0253. The summed E-state index contributed by atoms with van der Waals surface area (Å²) in [6.45, 7) is 7.65. The van der Waals surface area contributed by atoms with Gasteiger partial charge in [0.1, 0.15) is 5.60 Å². The van der Waals surface area contributed by atoms with Crippen LogP contribution in [0.5, 0.6) is 0 Å². The van der Waals surface area contributed by atoms with E-state index < -0.39 is 5.60 Å². The highest BCUT2D eigenvalue weighted by Gasteiger charge is 2.26. The normalized spacial score (nSPS) is 19.4. The maximum absolute atomic E-state index is 11.9. The molecular weight excluding hydrogens is 258 g/mol. The fraction of sp³-hybridized carbons (Fsp3) is 0.857. The molecule has 1 atom stereocenters. The number of carbonyl (C=O) groups excluding carboxylic acids is 2. The standard InChI is InChI=1S/C14H27N3O3/c1-14(2,3)20-13(19)16(5)9-11-7-6-8-17(10-11)12(18)15-4/h11H,6-10H2,1-5H3,(H,15,18)/t11-/m0/s1. The van der Waals surface area contributed by atoms with Gasteiger partial charge >= 0.3 is 12.1 Å². The Labute approximate surface area is 121 Å². The summed E-state index contributed by atoms with van der Waals surface area (Å²) < 4.78 is 5.33. The zero-order chi connectivity index (χ0) is 15.3. The van der Waals surface area contributed by atoms with Gasteiger partial charge in [-0.15, -0.1) is 0 Å². The first-order valence-corrected chi connectivity index (χ1v) is 7.13. The van der Waals surface area contributed by atoms with Gasteiger partial charge in [0.15, 0.2) is 0 Å². The fourth-order valence-electron chi connectivity index (χ4n) is 2.36. The average molecular weight is 285 g/mol. The van der Waals surface area contributed by atoms with Crippen molar-refractivity contribution in [3.05, 3.63) is 0 Å². The van der Waals surface area contributed by atoms with Crippen LogP contribution >= 0.6 is 0 Å². The van der Waals surface area contributed by atoms with Crippen LogP contribution in [0.15, 0.2) is 0 Å². The van der Waals surface area contributed by atoms with Crippen LogP contribution in [0.3, 0.4) is 0 Å². The highest BCUT2D eigenvalue weighted by molar-refractivity contribution is 5.73. The Kier molecular flexibility index (Phi) is 5.65. The molecule has 1 N–H and O–H groups in total. The molecule has 1 rings (SSSR count). The van der Waals surface area contributed by atoms with Crippen molar-refractivity contribution in [1.29, 1.82) is 0 Å². The lowest BCUT2D eigenvalue weighted by atomic mass is 9.98. The lowest BCUT2D eigenvalue weighted by Crippen LogP contribution is -2.47. The van der Waals surface area contributed by atoms with E-state index in [9.17, 15) is 9.59 Å². The molecule has 0 aromatic rings. The molecule has 1 fully saturated rings. The summed E-state index contributed by atoms with van der Waals surface area (Å²) in [6.07, 6.45) is 1.69. The second-order valence-electron chi connectivity index (χ2n) is 6.37. The summed E-state index contributed by atoms with van der Waals surface area (Å²) in [5, 5.41) is 2.64. The second-order valence-corrected chi connectivity index (χ2v) is 6.37. The minimum atomic E-state index is -0.480. The molecule has 1 heterocycles. The molecule has 0 bridgehead atoms. The van der Waals surface area contributed by atoms with E-state index in [2.05, 4.69) is 5.32 Å². The van der Waals surface area contributed by atoms with E-state index in [0.29, 0.717) is 19.0 Å². The summed E-state index contributed by atoms with van der Waals surface area (Å²) in [5.41, 5.74) is -0.480. The quantitative estimate of drug-likeness (QED) is 0.843. The number of nitrogens with zero attached hydrogens (tertiary/aromatic N) is 2. The average Bonchev–Trinajstić information content (AvgIpc) is 2.36. The van der Waals surface area contributed by atoms with Gasteiger partial charge in [-0.2, -0.15) is 0 Å². The first-order valence-electron chi connectivity index (χ1n) is 7.13. The zero-order valence-electron chi connectivity index (χ0n) is 13.2. The largest absolute Gasteiger partial charge is 0.444 e. The van der Waals surface area contributed by atoms with E-state index in [0.717, 1.165) is 19.4 Å². The summed E-state index contributed by atoms with van der Waals surface area (Å²) in [4.78, 5) is 26.9. The zero-order valence-corrected chi connectivity index (χ0v) is 13.2. The maximum Gasteiger partial charge on any atom is 0.410 e. The summed E-state index contributed by atoms with van der Waals surface area (Å²) >= 11 is 0. The Bertz CT molecular complexity index is 352. The predicted molar refractivity (Wildman–Crippen MR) is 77.6 cm³/mol. The molecule has 1 saturated heterocycles. The van der Waals surface area contributed by atoms with Gasteiger partial charge in [0.2, 0.25) is 0 Å². The molecule has 1 aliphatic heterocycles. The third-order valence-electron chi connectivity index (χ3n) is 3.26. The summed E-state index contributed by atoms with van der Waals surface area (Å²) in [7, 11) is 3.38. The van der Waals surface area contributed by atoms with E-state index in [-0.39, 0.29) is 12.1 Å². The van der Waals surface area contributed by atoms with Crippen LogP contribution in [0.25, 0.3) is 0 Å². The van der Waals surface area contributed by atoms with Crippen molar-refractivity contribution in [2.24, 2.45) is 5.92 Å². The van der Waals surface area contributed by atoms with Gasteiger partial charge < -0.3 is 19.9 Å². The van der Waals surface area contributed by atoms with Crippen LogP contribution in [0.4, 0.5) is 9.59 Å². The number of urea groups is 1. The smallest absolute Gasteiger partial charge is 0.410 e. The number of amides is 3. The van der Waals surface area contributed by atoms with Gasteiger partial charge in [-0.3, -0.25) is 0 Å². The number of hydrogen-bond acceptors (Lipinski definition) is 3. The van der Waals surface area contributed by atoms with Crippen molar-refractivity contribution in [3.8, 4) is 0 Å². The topological polar surface area (TPSA) is 61.9 Å². The van der Waals surface area contributed by atoms with Gasteiger partial charge in [0, 0.05) is 33.7 Å². The van der Waals surface area contributed by atoms with Crippen LogP contribution in [-0.2, 0) is 4.74 Å². The van der Waals surface area contributed by atoms with Crippen molar-refractivity contribution in [2.45, 2.75) is 39.2 Å². The Balaban J connectivity index is 2.47. The number of hydrogen-bond donors (Lipinski definition) is 1. The van der Waals surface area contributed by atoms with Crippen molar-refractivity contribution in [3.63, 3.8) is 0 Å². The molecule has 6 nitrogen and oxygen atoms in total. The van der Waals surface area contributed by atoms with Gasteiger partial charge in [0.25, 0.3) is 0 Å². The van der Waals surface area contributed by atoms with Gasteiger partial charge in [-0.1, -0.05) is 0 Å². The number of rotatable bonds is 2. The number of likely N-dealkylation sites (tertiary alicyclic amines) is 1. The third kappa shape index (κ3) is 5.27. The summed E-state index contributed by atoms with van der Waals surface area (Å²) in [5.74, 6) is 0.304. The molecule has 0 spiro atoms. The minimum Gasteiger partial charge on any atom is -0.444 e. The third-order valence-corrected chi connectivity index (χ3v) is 3.26. The molecule has 0 aromatic heterocycles. The number of carbonyl (C=O) groups is 2.